The topological polar surface area (TPSA) is 410 Å². The standard InChI is InChI=1S/C27H34N7O8P.C27H33N6O9P/c1-17-31-10-11-34(17)43(38,39)41-16-23-22(35)14-24(42-23)33-15-19(25(28)32-27(33)37)5-4-12-40-26(36)21(30-3)13-18-6-8-20(29-2)9-7-18;1-17-30-8-9-33(17)43(38,39)41-16-23-22(34)13-24(42-23)32-14-19(26(36)31-27(32)37)6-4-5-7-25(35)40-15-18-10-20(28-2)12-21(11-18)29-3/h6-11,15,21-24,29-30,35H,12-14,16H2,1-3H3,(H,38,39)(H2,28,32,37);8-12,14,22-24,28-29,34H,5,7,13,15-16H2,1-3H3,(H,38,39)(H,31,36,37)/p-2/t21?,22?,23-,24-;22?,23-,24-/m11/s1. The molecular formula is C54H65N13O17P2-2. The van der Waals surface area contributed by atoms with Gasteiger partial charge in [-0.3, -0.25) is 46.3 Å². The van der Waals surface area contributed by atoms with Crippen LogP contribution in [-0.4, -0.2) is 138 Å². The average Bonchev–Trinajstić information content (AvgIpc) is 2.22. The number of nitrogens with one attached hydrogen (secondary N) is 5. The molecule has 2 aliphatic heterocycles. The quantitative estimate of drug-likeness (QED) is 0.0260. The number of benzene rings is 2. The molecule has 0 amide bonds. The van der Waals surface area contributed by atoms with Gasteiger partial charge in [0.2, 0.25) is 15.5 Å². The molecule has 86 heavy (non-hydrogen) atoms. The molecule has 5 unspecified atom stereocenters. The molecule has 2 fully saturated rings. The predicted molar refractivity (Wildman–Crippen MR) is 307 cm³/mol. The number of aliphatic hydroxyl groups excluding tert-OH is 2. The molecule has 8 rings (SSSR count). The fraction of sp³-hybridized carbons (Fsp3) is 0.407. The number of carbonyl (C=O) groups excluding carboxylic acids is 2. The highest BCUT2D eigenvalue weighted by molar-refractivity contribution is 7.49. The highest BCUT2D eigenvalue weighted by Crippen LogP contribution is 2.42. The number of hydrogen-bond acceptors (Lipinski definition) is 25. The third-order valence-electron chi connectivity index (χ3n) is 13.4. The number of hydrogen-bond donors (Lipinski definition) is 8. The molecule has 6 heterocycles. The Kier molecular flexibility index (Phi) is 22.6. The number of nitrogens with zero attached hydrogens (tertiary/aromatic N) is 7. The van der Waals surface area contributed by atoms with Gasteiger partial charge < -0.3 is 75.0 Å². The minimum Gasteiger partial charge on any atom is -0.761 e. The maximum absolute atomic E-state index is 12.6. The smallest absolute Gasteiger partial charge is 0.351 e. The number of imidazole rings is 2. The number of aromatic amines is 1. The van der Waals surface area contributed by atoms with Crippen LogP contribution in [0.3, 0.4) is 0 Å². The summed E-state index contributed by atoms with van der Waals surface area (Å²) in [5, 5.41) is 33.0. The number of anilines is 4. The Bertz CT molecular complexity index is 3750. The van der Waals surface area contributed by atoms with Crippen LogP contribution in [0.25, 0.3) is 0 Å². The van der Waals surface area contributed by atoms with E-state index in [9.17, 15) is 53.1 Å². The van der Waals surface area contributed by atoms with Gasteiger partial charge in [-0.1, -0.05) is 35.8 Å². The van der Waals surface area contributed by atoms with Gasteiger partial charge in [0, 0.05) is 94.6 Å². The fourth-order valence-electron chi connectivity index (χ4n) is 8.67. The minimum atomic E-state index is -4.54. The summed E-state index contributed by atoms with van der Waals surface area (Å²) in [6, 6.07) is 12.7. The number of aliphatic hydroxyl groups is 2. The van der Waals surface area contributed by atoms with Crippen molar-refractivity contribution >= 4 is 50.3 Å². The predicted octanol–water partition coefficient (Wildman–Crippen LogP) is 0.461. The van der Waals surface area contributed by atoms with Crippen molar-refractivity contribution in [1.82, 2.24) is 43.1 Å². The summed E-state index contributed by atoms with van der Waals surface area (Å²) in [4.78, 5) is 101. The number of H-pyrrole nitrogens is 1. The number of rotatable bonds is 22. The second-order valence-electron chi connectivity index (χ2n) is 19.3. The molecule has 2 aliphatic rings. The Morgan fingerprint density at radius 1 is 0.779 bits per heavy atom. The van der Waals surface area contributed by atoms with Crippen LogP contribution in [0.4, 0.5) is 22.9 Å². The van der Waals surface area contributed by atoms with Gasteiger partial charge >= 0.3 is 23.3 Å². The molecule has 0 spiro atoms. The van der Waals surface area contributed by atoms with Gasteiger partial charge in [0.1, 0.15) is 60.3 Å². The van der Waals surface area contributed by atoms with E-state index < -0.39 is 100 Å². The number of aromatic nitrogens is 8. The van der Waals surface area contributed by atoms with Gasteiger partial charge in [-0.2, -0.15) is 4.98 Å². The van der Waals surface area contributed by atoms with Gasteiger partial charge in [0.15, 0.2) is 6.61 Å². The van der Waals surface area contributed by atoms with E-state index in [0.29, 0.717) is 6.42 Å². The highest BCUT2D eigenvalue weighted by atomic mass is 31.2. The highest BCUT2D eigenvalue weighted by Gasteiger charge is 2.38. The third-order valence-corrected chi connectivity index (χ3v) is 16.2. The SMILES string of the molecule is CNc1cc(COC(=O)CCC#Cc2cn([C@H]3CC(O)[C@@H](COP(=O)([O-])n4ccnc4C)O3)c(=O)[nH]c2=O)cc(NC)c1.CNc1ccc(CC(NC)C(=O)OCC#Cc2cn([C@H]3CC(O)[C@@H](COP(=O)([O-])n4ccnc4C)O3)c(=O)nc2N)cc1. The Balaban J connectivity index is 0.000000246. The van der Waals surface area contributed by atoms with E-state index in [2.05, 4.69) is 64.9 Å². The van der Waals surface area contributed by atoms with Crippen molar-refractivity contribution in [2.75, 3.05) is 69.7 Å². The second kappa shape index (κ2) is 29.7. The summed E-state index contributed by atoms with van der Waals surface area (Å²) >= 11 is 0. The molecule has 0 saturated carbocycles. The number of likely N-dealkylation sites (N-methyl/N-ethyl adjacent to an activating group) is 1. The maximum Gasteiger partial charge on any atom is 0.351 e. The number of nitrogen functional groups attached to an aromatic ring is 1. The fourth-order valence-corrected chi connectivity index (χ4v) is 10.8. The van der Waals surface area contributed by atoms with Crippen LogP contribution in [0.1, 0.15) is 72.0 Å². The Hall–Kier alpha value is -8.22. The largest absolute Gasteiger partial charge is 0.761 e. The molecule has 9 atom stereocenters. The lowest BCUT2D eigenvalue weighted by Gasteiger charge is -2.27. The number of aryl methyl sites for hydroxylation is 2. The first-order valence-corrected chi connectivity index (χ1v) is 29.6. The van der Waals surface area contributed by atoms with Gasteiger partial charge in [-0.15, -0.1) is 0 Å². The number of ether oxygens (including phenoxy) is 4. The summed E-state index contributed by atoms with van der Waals surface area (Å²) < 4.78 is 60.9. The first-order valence-electron chi connectivity index (χ1n) is 26.6. The molecule has 0 aliphatic carbocycles. The third kappa shape index (κ3) is 17.2. The van der Waals surface area contributed by atoms with Crippen LogP contribution in [0.2, 0.25) is 0 Å². The first kappa shape index (κ1) is 65.3. The zero-order valence-corrected chi connectivity index (χ0v) is 49.3. The molecule has 30 nitrogen and oxygen atoms in total. The zero-order chi connectivity index (χ0) is 62.3. The van der Waals surface area contributed by atoms with E-state index in [1.165, 1.54) is 51.0 Å². The van der Waals surface area contributed by atoms with E-state index in [1.807, 2.05) is 49.5 Å². The van der Waals surface area contributed by atoms with Gasteiger partial charge in [0.05, 0.1) is 37.4 Å². The zero-order valence-electron chi connectivity index (χ0n) is 47.5. The van der Waals surface area contributed by atoms with Crippen molar-refractivity contribution in [3.63, 3.8) is 0 Å². The van der Waals surface area contributed by atoms with Gasteiger partial charge in [0.25, 0.3) is 5.56 Å². The lowest BCUT2D eigenvalue weighted by Crippen LogP contribution is -2.37. The molecular weight excluding hydrogens is 1160 g/mol. The van der Waals surface area contributed by atoms with E-state index >= 15 is 0 Å². The second-order valence-corrected chi connectivity index (χ2v) is 22.5. The summed E-state index contributed by atoms with van der Waals surface area (Å²) in [5.41, 5.74) is 8.14. The van der Waals surface area contributed by atoms with E-state index in [-0.39, 0.29) is 67.5 Å². The van der Waals surface area contributed by atoms with Crippen LogP contribution < -0.4 is 53.7 Å². The van der Waals surface area contributed by atoms with Crippen molar-refractivity contribution < 1.29 is 66.7 Å². The van der Waals surface area contributed by atoms with Crippen molar-refractivity contribution in [1.29, 1.82) is 0 Å². The summed E-state index contributed by atoms with van der Waals surface area (Å²) in [6.07, 6.45) is 1.58. The molecule has 460 valence electrons. The molecule has 32 heteroatoms. The average molecular weight is 1230 g/mol. The molecule has 6 aromatic rings. The van der Waals surface area contributed by atoms with Crippen LogP contribution >= 0.6 is 15.5 Å². The van der Waals surface area contributed by atoms with Crippen molar-refractivity contribution in [2.45, 2.75) is 95.5 Å². The number of esters is 2. The van der Waals surface area contributed by atoms with E-state index in [4.69, 9.17) is 33.7 Å². The lowest BCUT2D eigenvalue weighted by atomic mass is 10.1. The van der Waals surface area contributed by atoms with Crippen molar-refractivity contribution in [3.05, 3.63) is 145 Å². The maximum atomic E-state index is 12.6. The van der Waals surface area contributed by atoms with Crippen LogP contribution in [-0.2, 0) is 59.7 Å². The molecule has 0 radical (unpaired) electrons. The number of carbonyl (C=O) groups is 2. The molecule has 2 aromatic carbocycles. The minimum absolute atomic E-state index is 0.0169. The number of nitrogens with two attached hydrogens (primary N) is 1. The Morgan fingerprint density at radius 3 is 1.86 bits per heavy atom. The molecule has 0 bridgehead atoms. The van der Waals surface area contributed by atoms with Gasteiger partial charge in [-0.05, 0) is 68.8 Å². The van der Waals surface area contributed by atoms with Crippen LogP contribution in [0.15, 0.2) is 94.0 Å². The molecule has 4 aromatic heterocycles. The Labute approximate surface area is 492 Å². The Morgan fingerprint density at radius 2 is 1.33 bits per heavy atom. The van der Waals surface area contributed by atoms with Gasteiger partial charge in [-0.25, -0.2) is 19.6 Å². The lowest BCUT2D eigenvalue weighted by molar-refractivity contribution is -0.206. The summed E-state index contributed by atoms with van der Waals surface area (Å²) in [5.74, 6) is 10.1. The van der Waals surface area contributed by atoms with Crippen molar-refractivity contribution in [2.24, 2.45) is 0 Å². The normalized spacial score (nSPS) is 19.7. The van der Waals surface area contributed by atoms with E-state index in [1.54, 1.807) is 21.1 Å². The van der Waals surface area contributed by atoms with E-state index in [0.717, 1.165) is 46.0 Å². The van der Waals surface area contributed by atoms with Crippen LogP contribution in [0.5, 0.6) is 0 Å². The van der Waals surface area contributed by atoms with Crippen LogP contribution in [0, 0.1) is 37.5 Å². The molecule has 2 saturated heterocycles. The molecule has 9 N–H and O–H groups in total. The first-order chi connectivity index (χ1) is 41.0. The summed E-state index contributed by atoms with van der Waals surface area (Å²) in [7, 11) is -2.00. The monoisotopic (exact) mass is 1230 g/mol. The summed E-state index contributed by atoms with van der Waals surface area (Å²) in [6.45, 7) is 1.84. The van der Waals surface area contributed by atoms with Crippen molar-refractivity contribution in [3.8, 4) is 23.7 Å².